The van der Waals surface area contributed by atoms with E-state index in [9.17, 15) is 0 Å². The molecule has 2 heterocycles. The van der Waals surface area contributed by atoms with Gasteiger partial charge in [-0.3, -0.25) is 11.3 Å². The molecule has 3 nitrogen and oxygen atoms in total. The molecule has 3 rings (SSSR count). The Morgan fingerprint density at radius 1 is 0.895 bits per heavy atom. The van der Waals surface area contributed by atoms with Gasteiger partial charge in [0.05, 0.1) is 0 Å². The second kappa shape index (κ2) is 6.11. The van der Waals surface area contributed by atoms with Crippen molar-refractivity contribution in [2.24, 2.45) is 17.7 Å². The molecule has 19 heavy (non-hydrogen) atoms. The van der Waals surface area contributed by atoms with Gasteiger partial charge < -0.3 is 4.90 Å². The van der Waals surface area contributed by atoms with Gasteiger partial charge in [0.15, 0.2) is 0 Å². The van der Waals surface area contributed by atoms with Crippen molar-refractivity contribution in [3.05, 3.63) is 0 Å². The first-order valence-electron chi connectivity index (χ1n) is 8.47. The third kappa shape index (κ3) is 2.84. The van der Waals surface area contributed by atoms with Crippen LogP contribution in [0.5, 0.6) is 0 Å². The summed E-state index contributed by atoms with van der Waals surface area (Å²) < 4.78 is 0. The van der Waals surface area contributed by atoms with E-state index in [0.29, 0.717) is 6.04 Å². The highest BCUT2D eigenvalue weighted by Gasteiger charge is 2.42. The zero-order chi connectivity index (χ0) is 13.2. The Morgan fingerprint density at radius 2 is 1.47 bits per heavy atom. The van der Waals surface area contributed by atoms with Crippen LogP contribution in [0.3, 0.4) is 0 Å². The maximum atomic E-state index is 5.97. The summed E-state index contributed by atoms with van der Waals surface area (Å²) in [5.41, 5.74) is 3.23. The highest BCUT2D eigenvalue weighted by Crippen LogP contribution is 2.41. The van der Waals surface area contributed by atoms with E-state index in [1.165, 1.54) is 64.2 Å². The Hall–Kier alpha value is -0.120. The van der Waals surface area contributed by atoms with Crippen LogP contribution in [0.1, 0.15) is 64.2 Å². The molecule has 1 aliphatic carbocycles. The van der Waals surface area contributed by atoms with Gasteiger partial charge in [0, 0.05) is 18.1 Å². The molecule has 0 spiro atoms. The molecule has 0 aromatic carbocycles. The second-order valence-electron chi connectivity index (χ2n) is 7.23. The molecular weight excluding hydrogens is 234 g/mol. The summed E-state index contributed by atoms with van der Waals surface area (Å²) in [6, 6.07) is 2.26. The zero-order valence-corrected chi connectivity index (χ0v) is 12.5. The van der Waals surface area contributed by atoms with Crippen molar-refractivity contribution in [1.82, 2.24) is 10.3 Å². The van der Waals surface area contributed by atoms with E-state index in [1.807, 2.05) is 0 Å². The van der Waals surface area contributed by atoms with E-state index in [1.54, 1.807) is 0 Å². The van der Waals surface area contributed by atoms with Crippen molar-refractivity contribution in [1.29, 1.82) is 0 Å². The number of hydrogen-bond donors (Lipinski definition) is 2. The number of hydrazine groups is 1. The van der Waals surface area contributed by atoms with E-state index >= 15 is 0 Å². The Bertz CT molecular complexity index is 272. The topological polar surface area (TPSA) is 41.3 Å². The zero-order valence-electron chi connectivity index (χ0n) is 12.5. The smallest absolute Gasteiger partial charge is 0.0268 e. The molecule has 3 heteroatoms. The summed E-state index contributed by atoms with van der Waals surface area (Å²) in [4.78, 5) is 2.64. The van der Waals surface area contributed by atoms with Crippen molar-refractivity contribution < 1.29 is 0 Å². The summed E-state index contributed by atoms with van der Waals surface area (Å²) >= 11 is 0. The molecule has 3 fully saturated rings. The fourth-order valence-electron chi connectivity index (χ4n) is 5.07. The summed E-state index contributed by atoms with van der Waals surface area (Å²) in [6.07, 6.45) is 14.1. The lowest BCUT2D eigenvalue weighted by molar-refractivity contribution is 0.0917. The Kier molecular flexibility index (Phi) is 4.45. The standard InChI is InChI=1S/C16H31N3/c1-19-14-8-9-15(19)11-13(10-14)16(18-17)12-6-4-2-3-5-7-12/h12-16,18H,2-11,17H2,1H3. The van der Waals surface area contributed by atoms with Crippen LogP contribution in [-0.4, -0.2) is 30.1 Å². The van der Waals surface area contributed by atoms with Gasteiger partial charge in [0.2, 0.25) is 0 Å². The predicted octanol–water partition coefficient (Wildman–Crippen LogP) is 2.66. The summed E-state index contributed by atoms with van der Waals surface area (Å²) in [5.74, 6) is 7.62. The molecule has 0 aromatic heterocycles. The summed E-state index contributed by atoms with van der Waals surface area (Å²) in [6.45, 7) is 0. The van der Waals surface area contributed by atoms with E-state index in [4.69, 9.17) is 5.84 Å². The second-order valence-corrected chi connectivity index (χ2v) is 7.23. The number of nitrogens with zero attached hydrogens (tertiary/aromatic N) is 1. The normalized spacial score (nSPS) is 39.2. The molecule has 2 aliphatic heterocycles. The molecule has 0 amide bonds. The van der Waals surface area contributed by atoms with Gasteiger partial charge in [-0.1, -0.05) is 25.7 Å². The fraction of sp³-hybridized carbons (Fsp3) is 1.00. The molecule has 2 bridgehead atoms. The first-order chi connectivity index (χ1) is 9.29. The molecule has 1 saturated carbocycles. The molecule has 0 aromatic rings. The average Bonchev–Trinajstić information content (AvgIpc) is 2.69. The number of rotatable bonds is 3. The number of nitrogens with one attached hydrogen (secondary N) is 1. The molecule has 3 aliphatic rings. The maximum Gasteiger partial charge on any atom is 0.0268 e. The Morgan fingerprint density at radius 3 is 2.00 bits per heavy atom. The van der Waals surface area contributed by atoms with Crippen LogP contribution in [0, 0.1) is 11.8 Å². The minimum absolute atomic E-state index is 0.579. The van der Waals surface area contributed by atoms with E-state index in [0.717, 1.165) is 23.9 Å². The molecule has 3 unspecified atom stereocenters. The molecule has 3 atom stereocenters. The van der Waals surface area contributed by atoms with Gasteiger partial charge in [-0.15, -0.1) is 0 Å². The lowest BCUT2D eigenvalue weighted by atomic mass is 9.77. The minimum atomic E-state index is 0.579. The highest BCUT2D eigenvalue weighted by molar-refractivity contribution is 4.97. The van der Waals surface area contributed by atoms with Gasteiger partial charge in [0.25, 0.3) is 0 Å². The van der Waals surface area contributed by atoms with Gasteiger partial charge in [-0.05, 0) is 57.4 Å². The number of piperidine rings is 1. The van der Waals surface area contributed by atoms with Crippen LogP contribution < -0.4 is 11.3 Å². The molecule has 110 valence electrons. The largest absolute Gasteiger partial charge is 0.300 e. The first-order valence-corrected chi connectivity index (χ1v) is 8.47. The van der Waals surface area contributed by atoms with Crippen LogP contribution in [0.4, 0.5) is 0 Å². The van der Waals surface area contributed by atoms with Crippen molar-refractivity contribution in [3.8, 4) is 0 Å². The van der Waals surface area contributed by atoms with Gasteiger partial charge >= 0.3 is 0 Å². The minimum Gasteiger partial charge on any atom is -0.300 e. The summed E-state index contributed by atoms with van der Waals surface area (Å²) in [5, 5.41) is 0. The average molecular weight is 265 g/mol. The Balaban J connectivity index is 1.65. The molecular formula is C16H31N3. The predicted molar refractivity (Wildman–Crippen MR) is 79.6 cm³/mol. The fourth-order valence-corrected chi connectivity index (χ4v) is 5.07. The van der Waals surface area contributed by atoms with Crippen molar-refractivity contribution in [3.63, 3.8) is 0 Å². The Labute approximate surface area is 118 Å². The van der Waals surface area contributed by atoms with Crippen molar-refractivity contribution in [2.45, 2.75) is 82.3 Å². The lowest BCUT2D eigenvalue weighted by Gasteiger charge is -2.42. The van der Waals surface area contributed by atoms with Crippen LogP contribution in [-0.2, 0) is 0 Å². The molecule has 3 N–H and O–H groups in total. The molecule has 2 saturated heterocycles. The number of nitrogens with two attached hydrogens (primary N) is 1. The van der Waals surface area contributed by atoms with Gasteiger partial charge in [-0.25, -0.2) is 0 Å². The van der Waals surface area contributed by atoms with Crippen LogP contribution in [0.15, 0.2) is 0 Å². The lowest BCUT2D eigenvalue weighted by Crippen LogP contribution is -2.51. The van der Waals surface area contributed by atoms with Gasteiger partial charge in [0.1, 0.15) is 0 Å². The van der Waals surface area contributed by atoms with Crippen molar-refractivity contribution >= 4 is 0 Å². The van der Waals surface area contributed by atoms with Crippen LogP contribution in [0.2, 0.25) is 0 Å². The van der Waals surface area contributed by atoms with Crippen LogP contribution in [0.25, 0.3) is 0 Å². The monoisotopic (exact) mass is 265 g/mol. The third-order valence-electron chi connectivity index (χ3n) is 6.24. The third-order valence-corrected chi connectivity index (χ3v) is 6.24. The highest BCUT2D eigenvalue weighted by atomic mass is 15.2. The van der Waals surface area contributed by atoms with Crippen molar-refractivity contribution in [2.75, 3.05) is 7.05 Å². The van der Waals surface area contributed by atoms with E-state index in [2.05, 4.69) is 17.4 Å². The SMILES string of the molecule is CN1C2CCC1CC(C(NN)C1CCCCCC1)C2. The quantitative estimate of drug-likeness (QED) is 0.468. The number of fused-ring (bicyclic) bond motifs is 2. The van der Waals surface area contributed by atoms with Crippen LogP contribution >= 0.6 is 0 Å². The van der Waals surface area contributed by atoms with E-state index in [-0.39, 0.29) is 0 Å². The first kappa shape index (κ1) is 13.8. The molecule has 0 radical (unpaired) electrons. The van der Waals surface area contributed by atoms with Gasteiger partial charge in [-0.2, -0.15) is 0 Å². The summed E-state index contributed by atoms with van der Waals surface area (Å²) in [7, 11) is 2.33. The van der Waals surface area contributed by atoms with E-state index < -0.39 is 0 Å². The number of hydrogen-bond acceptors (Lipinski definition) is 3. The maximum absolute atomic E-state index is 5.97.